The zero-order chi connectivity index (χ0) is 14.0. The first-order valence-corrected chi connectivity index (χ1v) is 6.25. The zero-order valence-corrected chi connectivity index (χ0v) is 11.3. The van der Waals surface area contributed by atoms with Gasteiger partial charge in [0.25, 0.3) is 5.91 Å². The number of amides is 1. The molecule has 1 aromatic heterocycles. The lowest BCUT2D eigenvalue weighted by Gasteiger charge is -2.09. The monoisotopic (exact) mass is 278 g/mol. The molecule has 0 saturated carbocycles. The molecular weight excluding hydrogens is 264 g/mol. The van der Waals surface area contributed by atoms with Gasteiger partial charge in [0.1, 0.15) is 5.69 Å². The Labute approximate surface area is 116 Å². The SMILES string of the molecule is CC(N)Cc1ccc(-n2ccc(C(N)=O)n2)cc1Cl. The number of nitrogens with two attached hydrogens (primary N) is 2. The smallest absolute Gasteiger partial charge is 0.269 e. The maximum absolute atomic E-state index is 11.0. The summed E-state index contributed by atoms with van der Waals surface area (Å²) in [7, 11) is 0. The molecule has 2 aromatic rings. The van der Waals surface area contributed by atoms with Gasteiger partial charge >= 0.3 is 0 Å². The molecule has 1 heterocycles. The van der Waals surface area contributed by atoms with Crippen molar-refractivity contribution in [2.24, 2.45) is 11.5 Å². The molecule has 0 aliphatic carbocycles. The van der Waals surface area contributed by atoms with E-state index in [1.165, 1.54) is 0 Å². The van der Waals surface area contributed by atoms with Crippen molar-refractivity contribution in [3.05, 3.63) is 46.7 Å². The lowest BCUT2D eigenvalue weighted by atomic mass is 10.1. The van der Waals surface area contributed by atoms with E-state index < -0.39 is 5.91 Å². The molecule has 1 atom stereocenters. The number of rotatable bonds is 4. The van der Waals surface area contributed by atoms with Crippen LogP contribution in [-0.2, 0) is 6.42 Å². The summed E-state index contributed by atoms with van der Waals surface area (Å²) in [6.07, 6.45) is 2.38. The molecule has 0 fully saturated rings. The molecule has 19 heavy (non-hydrogen) atoms. The molecule has 0 radical (unpaired) electrons. The lowest BCUT2D eigenvalue weighted by molar-refractivity contribution is 0.0995. The summed E-state index contributed by atoms with van der Waals surface area (Å²) in [5.41, 5.74) is 12.9. The second kappa shape index (κ2) is 5.42. The predicted octanol–water partition coefficient (Wildman–Crippen LogP) is 1.51. The van der Waals surface area contributed by atoms with Crippen LogP contribution in [-0.4, -0.2) is 21.7 Å². The zero-order valence-electron chi connectivity index (χ0n) is 10.5. The Balaban J connectivity index is 2.30. The summed E-state index contributed by atoms with van der Waals surface area (Å²) in [6, 6.07) is 7.19. The van der Waals surface area contributed by atoms with Gasteiger partial charge in [0.05, 0.1) is 5.69 Å². The average Bonchev–Trinajstić information content (AvgIpc) is 2.80. The normalized spacial score (nSPS) is 12.4. The fourth-order valence-electron chi connectivity index (χ4n) is 1.79. The van der Waals surface area contributed by atoms with Gasteiger partial charge in [-0.25, -0.2) is 4.68 Å². The van der Waals surface area contributed by atoms with Crippen molar-refractivity contribution >= 4 is 17.5 Å². The van der Waals surface area contributed by atoms with Crippen LogP contribution in [0.2, 0.25) is 5.02 Å². The number of primary amides is 1. The van der Waals surface area contributed by atoms with Gasteiger partial charge < -0.3 is 11.5 Å². The molecule has 6 heteroatoms. The number of benzene rings is 1. The van der Waals surface area contributed by atoms with Gasteiger partial charge in [0.2, 0.25) is 0 Å². The van der Waals surface area contributed by atoms with Gasteiger partial charge in [-0.2, -0.15) is 5.10 Å². The molecule has 1 unspecified atom stereocenters. The third-order valence-electron chi connectivity index (χ3n) is 2.68. The van der Waals surface area contributed by atoms with Crippen molar-refractivity contribution in [2.75, 3.05) is 0 Å². The van der Waals surface area contributed by atoms with E-state index in [1.807, 2.05) is 19.1 Å². The summed E-state index contributed by atoms with van der Waals surface area (Å²) in [5, 5.41) is 4.70. The molecule has 100 valence electrons. The summed E-state index contributed by atoms with van der Waals surface area (Å²) in [4.78, 5) is 11.0. The van der Waals surface area contributed by atoms with Gasteiger partial charge in [0, 0.05) is 17.3 Å². The summed E-state index contributed by atoms with van der Waals surface area (Å²) in [5.74, 6) is -0.557. The molecule has 0 aliphatic heterocycles. The maximum Gasteiger partial charge on any atom is 0.269 e. The highest BCUT2D eigenvalue weighted by Gasteiger charge is 2.08. The molecule has 0 aliphatic rings. The minimum Gasteiger partial charge on any atom is -0.364 e. The van der Waals surface area contributed by atoms with Crippen molar-refractivity contribution < 1.29 is 4.79 Å². The third-order valence-corrected chi connectivity index (χ3v) is 3.04. The first kappa shape index (κ1) is 13.6. The van der Waals surface area contributed by atoms with E-state index >= 15 is 0 Å². The molecule has 4 N–H and O–H groups in total. The second-order valence-electron chi connectivity index (χ2n) is 4.47. The van der Waals surface area contributed by atoms with Gasteiger partial charge in [-0.3, -0.25) is 4.79 Å². The number of hydrogen-bond donors (Lipinski definition) is 2. The van der Waals surface area contributed by atoms with Gasteiger partial charge in [-0.1, -0.05) is 17.7 Å². The minimum absolute atomic E-state index is 0.0505. The van der Waals surface area contributed by atoms with Crippen LogP contribution in [0.25, 0.3) is 5.69 Å². The van der Waals surface area contributed by atoms with E-state index in [9.17, 15) is 4.79 Å². The first-order chi connectivity index (χ1) is 8.97. The minimum atomic E-state index is -0.557. The quantitative estimate of drug-likeness (QED) is 0.889. The van der Waals surface area contributed by atoms with E-state index in [4.69, 9.17) is 23.1 Å². The van der Waals surface area contributed by atoms with Crippen LogP contribution < -0.4 is 11.5 Å². The van der Waals surface area contributed by atoms with Crippen molar-refractivity contribution in [3.8, 4) is 5.69 Å². The van der Waals surface area contributed by atoms with Crippen molar-refractivity contribution in [1.82, 2.24) is 9.78 Å². The Morgan fingerprint density at radius 2 is 2.21 bits per heavy atom. The molecule has 0 saturated heterocycles. The fraction of sp³-hybridized carbons (Fsp3) is 0.231. The molecule has 1 amide bonds. The summed E-state index contributed by atoms with van der Waals surface area (Å²) in [6.45, 7) is 1.93. The third kappa shape index (κ3) is 3.13. The van der Waals surface area contributed by atoms with Crippen molar-refractivity contribution in [2.45, 2.75) is 19.4 Å². The van der Waals surface area contributed by atoms with Crippen LogP contribution in [0.1, 0.15) is 23.0 Å². The molecule has 5 nitrogen and oxygen atoms in total. The van der Waals surface area contributed by atoms with Crippen LogP contribution >= 0.6 is 11.6 Å². The molecular formula is C13H15ClN4O. The topological polar surface area (TPSA) is 86.9 Å². The fourth-order valence-corrected chi connectivity index (χ4v) is 2.04. The molecule has 1 aromatic carbocycles. The van der Waals surface area contributed by atoms with E-state index in [0.717, 1.165) is 11.3 Å². The molecule has 2 rings (SSSR count). The van der Waals surface area contributed by atoms with Crippen molar-refractivity contribution in [3.63, 3.8) is 0 Å². The van der Waals surface area contributed by atoms with E-state index in [1.54, 1.807) is 23.0 Å². The van der Waals surface area contributed by atoms with Gasteiger partial charge in [-0.05, 0) is 37.1 Å². The number of carbonyl (C=O) groups excluding carboxylic acids is 1. The van der Waals surface area contributed by atoms with Gasteiger partial charge in [0.15, 0.2) is 0 Å². The van der Waals surface area contributed by atoms with Crippen LogP contribution in [0.4, 0.5) is 0 Å². The Kier molecular flexibility index (Phi) is 3.87. The number of carbonyl (C=O) groups is 1. The Morgan fingerprint density at radius 3 is 2.74 bits per heavy atom. The summed E-state index contributed by atoms with van der Waals surface area (Å²) >= 11 is 6.20. The number of halogens is 1. The number of hydrogen-bond acceptors (Lipinski definition) is 3. The summed E-state index contributed by atoms with van der Waals surface area (Å²) < 4.78 is 1.56. The Hall–Kier alpha value is -1.85. The van der Waals surface area contributed by atoms with Crippen LogP contribution in [0.5, 0.6) is 0 Å². The van der Waals surface area contributed by atoms with Crippen LogP contribution in [0.15, 0.2) is 30.5 Å². The van der Waals surface area contributed by atoms with Crippen molar-refractivity contribution in [1.29, 1.82) is 0 Å². The number of aromatic nitrogens is 2. The van der Waals surface area contributed by atoms with Gasteiger partial charge in [-0.15, -0.1) is 0 Å². The average molecular weight is 279 g/mol. The standard InChI is InChI=1S/C13H15ClN4O/c1-8(15)6-9-2-3-10(7-11(9)14)18-5-4-12(17-18)13(16)19/h2-5,7-8H,6,15H2,1H3,(H2,16,19). The molecule has 0 spiro atoms. The Morgan fingerprint density at radius 1 is 1.47 bits per heavy atom. The molecule has 0 bridgehead atoms. The maximum atomic E-state index is 11.0. The lowest BCUT2D eigenvalue weighted by Crippen LogP contribution is -2.18. The van der Waals surface area contributed by atoms with E-state index in [2.05, 4.69) is 5.10 Å². The van der Waals surface area contributed by atoms with Crippen LogP contribution in [0, 0.1) is 0 Å². The van der Waals surface area contributed by atoms with E-state index in [-0.39, 0.29) is 11.7 Å². The largest absolute Gasteiger partial charge is 0.364 e. The number of nitrogens with zero attached hydrogens (tertiary/aromatic N) is 2. The highest BCUT2D eigenvalue weighted by molar-refractivity contribution is 6.31. The highest BCUT2D eigenvalue weighted by atomic mass is 35.5. The first-order valence-electron chi connectivity index (χ1n) is 5.87. The second-order valence-corrected chi connectivity index (χ2v) is 4.87. The highest BCUT2D eigenvalue weighted by Crippen LogP contribution is 2.21. The Bertz CT molecular complexity index is 606. The van der Waals surface area contributed by atoms with E-state index in [0.29, 0.717) is 11.4 Å². The van der Waals surface area contributed by atoms with Crippen LogP contribution in [0.3, 0.4) is 0 Å². The predicted molar refractivity (Wildman–Crippen MR) is 74.4 cm³/mol.